The molecule has 1 unspecified atom stereocenters. The maximum Gasteiger partial charge on any atom is 0.142 e. The van der Waals surface area contributed by atoms with Gasteiger partial charge in [0.1, 0.15) is 5.82 Å². The minimum Gasteiger partial charge on any atom is -0.310 e. The molecule has 0 heterocycles. The summed E-state index contributed by atoms with van der Waals surface area (Å²) < 4.78 is 13.5. The quantitative estimate of drug-likeness (QED) is 0.756. The molecule has 0 radical (unpaired) electrons. The van der Waals surface area contributed by atoms with Crippen LogP contribution in [0.15, 0.2) is 18.2 Å². The molecule has 0 aromatic heterocycles. The van der Waals surface area contributed by atoms with Gasteiger partial charge >= 0.3 is 0 Å². The second kappa shape index (κ2) is 6.53. The second-order valence-corrected chi connectivity index (χ2v) is 5.61. The molecule has 0 amide bonds. The fourth-order valence-corrected chi connectivity index (χ4v) is 2.36. The smallest absolute Gasteiger partial charge is 0.142 e. The third kappa shape index (κ3) is 3.96. The molecule has 1 aromatic rings. The molecule has 2 rings (SSSR count). The van der Waals surface area contributed by atoms with Crippen LogP contribution >= 0.6 is 11.6 Å². The fraction of sp³-hybridized carbons (Fsp3) is 0.600. The maximum absolute atomic E-state index is 13.5. The SMILES string of the molecule is CCCNC(CCC1CC1)c1ccc(Cl)c(F)c1. The van der Waals surface area contributed by atoms with E-state index < -0.39 is 0 Å². The summed E-state index contributed by atoms with van der Waals surface area (Å²) in [6.07, 6.45) is 6.16. The second-order valence-electron chi connectivity index (χ2n) is 5.20. The topological polar surface area (TPSA) is 12.0 Å². The van der Waals surface area contributed by atoms with Gasteiger partial charge in [-0.15, -0.1) is 0 Å². The summed E-state index contributed by atoms with van der Waals surface area (Å²) in [7, 11) is 0. The first kappa shape index (κ1) is 13.8. The van der Waals surface area contributed by atoms with Gasteiger partial charge in [0.2, 0.25) is 0 Å². The molecule has 100 valence electrons. The van der Waals surface area contributed by atoms with E-state index in [1.807, 2.05) is 6.07 Å². The van der Waals surface area contributed by atoms with E-state index in [4.69, 9.17) is 11.6 Å². The zero-order chi connectivity index (χ0) is 13.0. The molecular weight excluding hydrogens is 249 g/mol. The number of hydrogen-bond donors (Lipinski definition) is 1. The number of hydrogen-bond acceptors (Lipinski definition) is 1. The summed E-state index contributed by atoms with van der Waals surface area (Å²) in [4.78, 5) is 0. The fourth-order valence-electron chi connectivity index (χ4n) is 2.24. The van der Waals surface area contributed by atoms with Crippen LogP contribution in [0.5, 0.6) is 0 Å². The molecule has 3 heteroatoms. The highest BCUT2D eigenvalue weighted by atomic mass is 35.5. The Kier molecular flexibility index (Phi) is 5.02. The van der Waals surface area contributed by atoms with E-state index in [1.165, 1.54) is 19.3 Å². The van der Waals surface area contributed by atoms with Gasteiger partial charge in [-0.25, -0.2) is 4.39 Å². The summed E-state index contributed by atoms with van der Waals surface area (Å²) >= 11 is 5.73. The van der Waals surface area contributed by atoms with Crippen molar-refractivity contribution in [2.45, 2.75) is 45.1 Å². The number of halogens is 2. The molecular formula is C15H21ClFN. The Morgan fingerprint density at radius 2 is 2.22 bits per heavy atom. The lowest BCUT2D eigenvalue weighted by Gasteiger charge is -2.19. The highest BCUT2D eigenvalue weighted by Crippen LogP contribution is 2.36. The van der Waals surface area contributed by atoms with E-state index in [1.54, 1.807) is 12.1 Å². The first-order valence-electron chi connectivity index (χ1n) is 6.89. The third-order valence-corrected chi connectivity index (χ3v) is 3.85. The predicted molar refractivity (Wildman–Crippen MR) is 74.4 cm³/mol. The van der Waals surface area contributed by atoms with E-state index in [-0.39, 0.29) is 16.9 Å². The molecule has 18 heavy (non-hydrogen) atoms. The van der Waals surface area contributed by atoms with Crippen molar-refractivity contribution in [2.24, 2.45) is 5.92 Å². The lowest BCUT2D eigenvalue weighted by atomic mass is 10.00. The monoisotopic (exact) mass is 269 g/mol. The van der Waals surface area contributed by atoms with Crippen molar-refractivity contribution in [3.63, 3.8) is 0 Å². The van der Waals surface area contributed by atoms with Gasteiger partial charge in [-0.2, -0.15) is 0 Å². The van der Waals surface area contributed by atoms with E-state index >= 15 is 0 Å². The first-order valence-corrected chi connectivity index (χ1v) is 7.26. The van der Waals surface area contributed by atoms with Gasteiger partial charge in [0.25, 0.3) is 0 Å². The zero-order valence-electron chi connectivity index (χ0n) is 10.9. The zero-order valence-corrected chi connectivity index (χ0v) is 11.6. The van der Waals surface area contributed by atoms with Crippen LogP contribution in [0.1, 0.15) is 50.6 Å². The van der Waals surface area contributed by atoms with Gasteiger partial charge in [0.05, 0.1) is 5.02 Å². The standard InChI is InChI=1S/C15H21ClFN/c1-2-9-18-15(8-5-11-3-4-11)12-6-7-13(16)14(17)10-12/h6-7,10-11,15,18H,2-5,8-9H2,1H3. The van der Waals surface area contributed by atoms with Crippen molar-refractivity contribution in [2.75, 3.05) is 6.54 Å². The molecule has 1 N–H and O–H groups in total. The lowest BCUT2D eigenvalue weighted by molar-refractivity contribution is 0.467. The minimum absolute atomic E-state index is 0.204. The minimum atomic E-state index is -0.316. The van der Waals surface area contributed by atoms with Crippen molar-refractivity contribution in [1.82, 2.24) is 5.32 Å². The largest absolute Gasteiger partial charge is 0.310 e. The normalized spacial score (nSPS) is 16.8. The molecule has 1 nitrogen and oxygen atoms in total. The number of rotatable bonds is 7. The average Bonchev–Trinajstić information content (AvgIpc) is 3.17. The van der Waals surface area contributed by atoms with Crippen molar-refractivity contribution in [3.05, 3.63) is 34.6 Å². The van der Waals surface area contributed by atoms with Crippen LogP contribution in [0, 0.1) is 11.7 Å². The first-order chi connectivity index (χ1) is 8.70. The van der Waals surface area contributed by atoms with Crippen molar-refractivity contribution in [1.29, 1.82) is 0 Å². The van der Waals surface area contributed by atoms with Gasteiger partial charge in [0.15, 0.2) is 0 Å². The van der Waals surface area contributed by atoms with Crippen LogP contribution in [0.25, 0.3) is 0 Å². The van der Waals surface area contributed by atoms with E-state index in [2.05, 4.69) is 12.2 Å². The predicted octanol–water partition coefficient (Wildman–Crippen LogP) is 4.71. The molecule has 1 aromatic carbocycles. The van der Waals surface area contributed by atoms with Crippen LogP contribution in [-0.2, 0) is 0 Å². The molecule has 1 aliphatic rings. The van der Waals surface area contributed by atoms with Crippen molar-refractivity contribution >= 4 is 11.6 Å². The summed E-state index contributed by atoms with van der Waals surface area (Å²) in [5.74, 6) is 0.594. The highest BCUT2D eigenvalue weighted by molar-refractivity contribution is 6.30. The maximum atomic E-state index is 13.5. The lowest BCUT2D eigenvalue weighted by Crippen LogP contribution is -2.22. The molecule has 1 atom stereocenters. The number of benzene rings is 1. The Bertz CT molecular complexity index is 390. The van der Waals surface area contributed by atoms with Gasteiger partial charge in [0, 0.05) is 6.04 Å². The van der Waals surface area contributed by atoms with Gasteiger partial charge in [-0.05, 0) is 49.4 Å². The van der Waals surface area contributed by atoms with Crippen molar-refractivity contribution in [3.8, 4) is 0 Å². The third-order valence-electron chi connectivity index (χ3n) is 3.55. The van der Waals surface area contributed by atoms with E-state index in [9.17, 15) is 4.39 Å². The molecule has 0 saturated heterocycles. The molecule has 1 fully saturated rings. The Morgan fingerprint density at radius 3 is 2.83 bits per heavy atom. The van der Waals surface area contributed by atoms with Crippen LogP contribution in [0.2, 0.25) is 5.02 Å². The molecule has 0 bridgehead atoms. The van der Waals surface area contributed by atoms with Gasteiger partial charge in [-0.1, -0.05) is 37.4 Å². The Labute approximate surface area is 114 Å². The van der Waals surface area contributed by atoms with Gasteiger partial charge in [-0.3, -0.25) is 0 Å². The molecule has 1 saturated carbocycles. The number of nitrogens with one attached hydrogen (secondary N) is 1. The Hall–Kier alpha value is -0.600. The van der Waals surface area contributed by atoms with E-state index in [0.29, 0.717) is 0 Å². The van der Waals surface area contributed by atoms with E-state index in [0.717, 1.165) is 30.9 Å². The highest BCUT2D eigenvalue weighted by Gasteiger charge is 2.23. The van der Waals surface area contributed by atoms with Crippen LogP contribution < -0.4 is 5.32 Å². The van der Waals surface area contributed by atoms with Crippen LogP contribution in [-0.4, -0.2) is 6.54 Å². The summed E-state index contributed by atoms with van der Waals surface area (Å²) in [6.45, 7) is 3.12. The van der Waals surface area contributed by atoms with Crippen LogP contribution in [0.4, 0.5) is 4.39 Å². The molecule has 0 spiro atoms. The Balaban J connectivity index is 2.01. The van der Waals surface area contributed by atoms with Crippen LogP contribution in [0.3, 0.4) is 0 Å². The van der Waals surface area contributed by atoms with Crippen molar-refractivity contribution < 1.29 is 4.39 Å². The van der Waals surface area contributed by atoms with Gasteiger partial charge < -0.3 is 5.32 Å². The summed E-state index contributed by atoms with van der Waals surface area (Å²) in [5, 5.41) is 3.71. The summed E-state index contributed by atoms with van der Waals surface area (Å²) in [5.41, 5.74) is 1.02. The molecule has 1 aliphatic carbocycles. The Morgan fingerprint density at radius 1 is 1.44 bits per heavy atom. The summed E-state index contributed by atoms with van der Waals surface area (Å²) in [6, 6.07) is 5.43. The molecule has 0 aliphatic heterocycles. The average molecular weight is 270 g/mol.